The normalized spacial score (nSPS) is 22.8. The van der Waals surface area contributed by atoms with E-state index in [9.17, 15) is 14.7 Å². The van der Waals surface area contributed by atoms with Crippen LogP contribution in [0.2, 0.25) is 0 Å². The van der Waals surface area contributed by atoms with Gasteiger partial charge in [0.1, 0.15) is 11.3 Å². The van der Waals surface area contributed by atoms with E-state index in [0.29, 0.717) is 36.1 Å². The number of carbonyl (C=O) groups excluding carboxylic acids is 1. The highest BCUT2D eigenvalue weighted by molar-refractivity contribution is 5.88. The van der Waals surface area contributed by atoms with Gasteiger partial charge in [0.15, 0.2) is 0 Å². The van der Waals surface area contributed by atoms with Gasteiger partial charge in [0.2, 0.25) is 11.8 Å². The number of carboxylic acid groups (broad SMARTS) is 1. The molecule has 6 nitrogen and oxygen atoms in total. The highest BCUT2D eigenvalue weighted by Crippen LogP contribution is 2.32. The fraction of sp³-hybridized carbons (Fsp3) is 0.450. The zero-order valence-electron chi connectivity index (χ0n) is 15.1. The van der Waals surface area contributed by atoms with E-state index in [1.54, 1.807) is 6.92 Å². The Morgan fingerprint density at radius 1 is 1.27 bits per heavy atom. The molecule has 0 spiro atoms. The van der Waals surface area contributed by atoms with Gasteiger partial charge >= 0.3 is 5.97 Å². The number of aliphatic carboxylic acids is 1. The van der Waals surface area contributed by atoms with Crippen molar-refractivity contribution in [1.29, 1.82) is 0 Å². The predicted octanol–water partition coefficient (Wildman–Crippen LogP) is 3.34. The van der Waals surface area contributed by atoms with Gasteiger partial charge in [-0.25, -0.2) is 9.78 Å². The second-order valence-electron chi connectivity index (χ2n) is 7.18. The van der Waals surface area contributed by atoms with Crippen LogP contribution in [-0.2, 0) is 16.0 Å². The largest absolute Gasteiger partial charge is 0.480 e. The molecule has 1 aromatic carbocycles. The minimum atomic E-state index is -1.16. The van der Waals surface area contributed by atoms with Crippen LogP contribution in [0.5, 0.6) is 0 Å². The van der Waals surface area contributed by atoms with Crippen molar-refractivity contribution >= 4 is 11.9 Å². The molecule has 0 unspecified atom stereocenters. The van der Waals surface area contributed by atoms with E-state index in [2.05, 4.69) is 17.2 Å². The van der Waals surface area contributed by atoms with Crippen molar-refractivity contribution in [1.82, 2.24) is 10.3 Å². The van der Waals surface area contributed by atoms with Crippen molar-refractivity contribution in [2.24, 2.45) is 5.92 Å². The molecule has 0 saturated heterocycles. The number of aryl methyl sites for hydroxylation is 1. The third-order valence-electron chi connectivity index (χ3n) is 5.16. The van der Waals surface area contributed by atoms with Gasteiger partial charge in [-0.3, -0.25) is 4.79 Å². The van der Waals surface area contributed by atoms with Gasteiger partial charge < -0.3 is 14.8 Å². The van der Waals surface area contributed by atoms with E-state index in [1.807, 2.05) is 30.3 Å². The average molecular weight is 356 g/mol. The van der Waals surface area contributed by atoms with Gasteiger partial charge in [-0.15, -0.1) is 0 Å². The number of carboxylic acids is 1. The number of hydrogen-bond donors (Lipinski definition) is 2. The van der Waals surface area contributed by atoms with Gasteiger partial charge in [-0.2, -0.15) is 0 Å². The number of oxazole rings is 1. The SMILES string of the molecule is Cc1oc(-c2ccccc2)nc1CC(=O)NC1(C(=O)O)CCC(C)CC1. The lowest BCUT2D eigenvalue weighted by atomic mass is 9.77. The van der Waals surface area contributed by atoms with Crippen LogP contribution in [0.4, 0.5) is 0 Å². The Hall–Kier alpha value is -2.63. The van der Waals surface area contributed by atoms with Crippen LogP contribution < -0.4 is 5.32 Å². The molecule has 1 aliphatic rings. The smallest absolute Gasteiger partial charge is 0.329 e. The van der Waals surface area contributed by atoms with Crippen molar-refractivity contribution in [3.05, 3.63) is 41.8 Å². The van der Waals surface area contributed by atoms with Crippen molar-refractivity contribution < 1.29 is 19.1 Å². The summed E-state index contributed by atoms with van der Waals surface area (Å²) < 4.78 is 5.67. The summed E-state index contributed by atoms with van der Waals surface area (Å²) in [5.74, 6) is 0.231. The standard InChI is InChI=1S/C20H24N2O4/c1-13-8-10-20(11-9-13,19(24)25)22-17(23)12-16-14(2)26-18(21-16)15-6-4-3-5-7-15/h3-7,13H,8-12H2,1-2H3,(H,22,23)(H,24,25). The molecule has 0 bridgehead atoms. The summed E-state index contributed by atoms with van der Waals surface area (Å²) in [6.45, 7) is 3.87. The van der Waals surface area contributed by atoms with Crippen molar-refractivity contribution in [3.8, 4) is 11.5 Å². The van der Waals surface area contributed by atoms with Crippen molar-refractivity contribution in [2.45, 2.75) is 51.5 Å². The quantitative estimate of drug-likeness (QED) is 0.857. The zero-order valence-corrected chi connectivity index (χ0v) is 15.1. The van der Waals surface area contributed by atoms with Crippen LogP contribution in [0, 0.1) is 12.8 Å². The number of benzene rings is 1. The second kappa shape index (κ2) is 7.32. The molecule has 2 aromatic rings. The number of hydrogen-bond acceptors (Lipinski definition) is 4. The number of aromatic nitrogens is 1. The summed E-state index contributed by atoms with van der Waals surface area (Å²) in [7, 11) is 0. The fourth-order valence-electron chi connectivity index (χ4n) is 3.41. The zero-order chi connectivity index (χ0) is 18.7. The monoisotopic (exact) mass is 356 g/mol. The molecule has 1 aliphatic carbocycles. The first-order valence-corrected chi connectivity index (χ1v) is 8.96. The molecule has 1 fully saturated rings. The molecule has 1 saturated carbocycles. The Morgan fingerprint density at radius 3 is 2.54 bits per heavy atom. The molecule has 3 rings (SSSR count). The lowest BCUT2D eigenvalue weighted by Crippen LogP contribution is -2.56. The van der Waals surface area contributed by atoms with Gasteiger partial charge in [-0.05, 0) is 50.7 Å². The van der Waals surface area contributed by atoms with E-state index in [0.717, 1.165) is 18.4 Å². The lowest BCUT2D eigenvalue weighted by molar-refractivity contribution is -0.149. The van der Waals surface area contributed by atoms with E-state index in [-0.39, 0.29) is 12.3 Å². The third-order valence-corrected chi connectivity index (χ3v) is 5.16. The summed E-state index contributed by atoms with van der Waals surface area (Å²) in [5.41, 5.74) is 0.209. The van der Waals surface area contributed by atoms with Crippen LogP contribution >= 0.6 is 0 Å². The minimum absolute atomic E-state index is 0.00670. The van der Waals surface area contributed by atoms with E-state index in [4.69, 9.17) is 4.42 Å². The van der Waals surface area contributed by atoms with Crippen LogP contribution in [0.25, 0.3) is 11.5 Å². The Kier molecular flexibility index (Phi) is 5.11. The van der Waals surface area contributed by atoms with Crippen LogP contribution in [0.3, 0.4) is 0 Å². The minimum Gasteiger partial charge on any atom is -0.480 e. The molecule has 138 valence electrons. The first-order valence-electron chi connectivity index (χ1n) is 8.96. The van der Waals surface area contributed by atoms with Crippen molar-refractivity contribution in [2.75, 3.05) is 0 Å². The van der Waals surface area contributed by atoms with Gasteiger partial charge in [0, 0.05) is 5.56 Å². The first kappa shape index (κ1) is 18.2. The molecule has 0 atom stereocenters. The van der Waals surface area contributed by atoms with Gasteiger partial charge in [0.25, 0.3) is 0 Å². The molecule has 1 aromatic heterocycles. The number of nitrogens with zero attached hydrogens (tertiary/aromatic N) is 1. The highest BCUT2D eigenvalue weighted by atomic mass is 16.4. The molecule has 26 heavy (non-hydrogen) atoms. The number of nitrogens with one attached hydrogen (secondary N) is 1. The van der Waals surface area contributed by atoms with Crippen LogP contribution in [0.1, 0.15) is 44.1 Å². The topological polar surface area (TPSA) is 92.4 Å². The molecule has 0 radical (unpaired) electrons. The molecule has 1 heterocycles. The van der Waals surface area contributed by atoms with Crippen LogP contribution in [-0.4, -0.2) is 27.5 Å². The molecular formula is C20H24N2O4. The number of carbonyl (C=O) groups is 2. The Morgan fingerprint density at radius 2 is 1.92 bits per heavy atom. The van der Waals surface area contributed by atoms with Gasteiger partial charge in [0.05, 0.1) is 12.1 Å². The first-order chi connectivity index (χ1) is 12.4. The Bertz CT molecular complexity index is 789. The van der Waals surface area contributed by atoms with Gasteiger partial charge in [-0.1, -0.05) is 25.1 Å². The average Bonchev–Trinajstić information content (AvgIpc) is 2.98. The summed E-state index contributed by atoms with van der Waals surface area (Å²) in [6.07, 6.45) is 2.53. The summed E-state index contributed by atoms with van der Waals surface area (Å²) >= 11 is 0. The van der Waals surface area contributed by atoms with Crippen LogP contribution in [0.15, 0.2) is 34.7 Å². The fourth-order valence-corrected chi connectivity index (χ4v) is 3.41. The predicted molar refractivity (Wildman–Crippen MR) is 96.5 cm³/mol. The highest BCUT2D eigenvalue weighted by Gasteiger charge is 2.42. The van der Waals surface area contributed by atoms with E-state index >= 15 is 0 Å². The third kappa shape index (κ3) is 3.79. The van der Waals surface area contributed by atoms with Crippen molar-refractivity contribution in [3.63, 3.8) is 0 Å². The summed E-state index contributed by atoms with van der Waals surface area (Å²) in [5, 5.41) is 12.4. The maximum atomic E-state index is 12.5. The van der Waals surface area contributed by atoms with E-state index < -0.39 is 11.5 Å². The molecular weight excluding hydrogens is 332 g/mol. The summed E-state index contributed by atoms with van der Waals surface area (Å²) in [6, 6.07) is 9.46. The number of rotatable bonds is 5. The number of amides is 1. The molecule has 0 aliphatic heterocycles. The lowest BCUT2D eigenvalue weighted by Gasteiger charge is -2.36. The Labute approximate surface area is 152 Å². The molecule has 6 heteroatoms. The molecule has 1 amide bonds. The summed E-state index contributed by atoms with van der Waals surface area (Å²) in [4.78, 5) is 28.7. The van der Waals surface area contributed by atoms with E-state index in [1.165, 1.54) is 0 Å². The maximum absolute atomic E-state index is 12.5. The Balaban J connectivity index is 1.72. The molecule has 2 N–H and O–H groups in total. The maximum Gasteiger partial charge on any atom is 0.329 e. The second-order valence-corrected chi connectivity index (χ2v) is 7.18.